The highest BCUT2D eigenvalue weighted by molar-refractivity contribution is 6.01. The average Bonchev–Trinajstić information content (AvgIpc) is 3.57. The fourth-order valence-electron chi connectivity index (χ4n) is 5.71. The maximum Gasteiger partial charge on any atom is 0.229 e. The molecule has 4 aromatic rings. The summed E-state index contributed by atoms with van der Waals surface area (Å²) < 4.78 is 20.6. The van der Waals surface area contributed by atoms with E-state index < -0.39 is 0 Å². The first-order valence-corrected chi connectivity index (χ1v) is 13.4. The van der Waals surface area contributed by atoms with Crippen LogP contribution in [0.4, 0.5) is 15.9 Å². The van der Waals surface area contributed by atoms with E-state index >= 15 is 4.39 Å². The molecule has 9 heteroatoms. The van der Waals surface area contributed by atoms with Crippen LogP contribution in [-0.2, 0) is 11.2 Å². The maximum atomic E-state index is 15.0. The van der Waals surface area contributed by atoms with Crippen molar-refractivity contribution in [2.75, 3.05) is 29.4 Å². The van der Waals surface area contributed by atoms with Crippen molar-refractivity contribution in [1.82, 2.24) is 20.1 Å². The summed E-state index contributed by atoms with van der Waals surface area (Å²) in [7, 11) is 0. The predicted octanol–water partition coefficient (Wildman–Crippen LogP) is 5.59. The molecular weight excluding hydrogens is 483 g/mol. The standard InChI is InChI=1S/C29H31FN6O2/c1-3-5-25-33-29(38-34-25)19-9-12-35(13-10-19)28-24-16-20(30)15-23(27(24)31-17-32-28)22-8-7-21(14-18(22)2)36-11-4-6-26(36)37/h7-8,14-17,19H,3-6,9-13H2,1-2H3. The Balaban J connectivity index is 1.29. The number of rotatable bonds is 6. The molecule has 2 aromatic heterocycles. The van der Waals surface area contributed by atoms with Gasteiger partial charge in [0.25, 0.3) is 0 Å². The lowest BCUT2D eigenvalue weighted by atomic mass is 9.95. The molecule has 4 heterocycles. The van der Waals surface area contributed by atoms with Gasteiger partial charge in [0.1, 0.15) is 18.0 Å². The SMILES string of the molecule is CCCc1noc(C2CCN(c3ncnc4c(-c5ccc(N6CCCC6=O)cc5C)cc(F)cc34)CC2)n1. The van der Waals surface area contributed by atoms with Gasteiger partial charge in [-0.25, -0.2) is 14.4 Å². The number of halogens is 1. The van der Waals surface area contributed by atoms with Gasteiger partial charge in [0.05, 0.1) is 5.52 Å². The molecule has 0 radical (unpaired) electrons. The maximum absolute atomic E-state index is 15.0. The number of anilines is 2. The van der Waals surface area contributed by atoms with E-state index in [1.54, 1.807) is 6.33 Å². The van der Waals surface area contributed by atoms with Gasteiger partial charge < -0.3 is 14.3 Å². The number of piperidine rings is 1. The first kappa shape index (κ1) is 24.5. The Kier molecular flexibility index (Phi) is 6.51. The Morgan fingerprint density at radius 3 is 2.66 bits per heavy atom. The van der Waals surface area contributed by atoms with Crippen LogP contribution < -0.4 is 9.80 Å². The van der Waals surface area contributed by atoms with Crippen LogP contribution in [0.2, 0.25) is 0 Å². The summed E-state index contributed by atoms with van der Waals surface area (Å²) in [6.07, 6.45) is 6.54. The second kappa shape index (κ2) is 10.1. The summed E-state index contributed by atoms with van der Waals surface area (Å²) in [5, 5.41) is 4.80. The minimum atomic E-state index is -0.328. The fourth-order valence-corrected chi connectivity index (χ4v) is 5.71. The molecule has 2 aromatic carbocycles. The largest absolute Gasteiger partial charge is 0.356 e. The molecule has 0 aliphatic carbocycles. The number of benzene rings is 2. The van der Waals surface area contributed by atoms with Crippen molar-refractivity contribution in [2.24, 2.45) is 0 Å². The number of amides is 1. The van der Waals surface area contributed by atoms with Crippen molar-refractivity contribution < 1.29 is 13.7 Å². The summed E-state index contributed by atoms with van der Waals surface area (Å²) >= 11 is 0. The van der Waals surface area contributed by atoms with Gasteiger partial charge in [0, 0.05) is 55.0 Å². The molecule has 38 heavy (non-hydrogen) atoms. The van der Waals surface area contributed by atoms with E-state index in [0.717, 1.165) is 85.8 Å². The number of hydrogen-bond donors (Lipinski definition) is 0. The van der Waals surface area contributed by atoms with Crippen LogP contribution in [0.5, 0.6) is 0 Å². The van der Waals surface area contributed by atoms with Crippen LogP contribution in [0.15, 0.2) is 41.2 Å². The number of aryl methyl sites for hydroxylation is 2. The number of carbonyl (C=O) groups is 1. The Labute approximate surface area is 220 Å². The third kappa shape index (κ3) is 4.50. The highest BCUT2D eigenvalue weighted by Crippen LogP contribution is 2.37. The van der Waals surface area contributed by atoms with Crippen molar-refractivity contribution in [3.05, 3.63) is 59.8 Å². The van der Waals surface area contributed by atoms with Crippen LogP contribution in [0.25, 0.3) is 22.0 Å². The minimum Gasteiger partial charge on any atom is -0.356 e. The zero-order valence-corrected chi connectivity index (χ0v) is 21.8. The average molecular weight is 515 g/mol. The van der Waals surface area contributed by atoms with Gasteiger partial charge in [0.2, 0.25) is 11.8 Å². The summed E-state index contributed by atoms with van der Waals surface area (Å²) in [6.45, 7) is 6.34. The van der Waals surface area contributed by atoms with Crippen LogP contribution in [-0.4, -0.2) is 45.7 Å². The van der Waals surface area contributed by atoms with Crippen molar-refractivity contribution in [1.29, 1.82) is 0 Å². The summed E-state index contributed by atoms with van der Waals surface area (Å²) in [6, 6.07) is 8.99. The van der Waals surface area contributed by atoms with E-state index in [1.165, 1.54) is 12.1 Å². The summed E-state index contributed by atoms with van der Waals surface area (Å²) in [5.41, 5.74) is 4.19. The van der Waals surface area contributed by atoms with Gasteiger partial charge in [-0.15, -0.1) is 0 Å². The number of nitrogens with zero attached hydrogens (tertiary/aromatic N) is 6. The van der Waals surface area contributed by atoms with Gasteiger partial charge >= 0.3 is 0 Å². The van der Waals surface area contributed by atoms with E-state index in [1.807, 2.05) is 30.0 Å². The molecule has 0 N–H and O–H groups in total. The van der Waals surface area contributed by atoms with Gasteiger partial charge in [-0.2, -0.15) is 4.98 Å². The molecule has 8 nitrogen and oxygen atoms in total. The van der Waals surface area contributed by atoms with Crippen molar-refractivity contribution >= 4 is 28.3 Å². The topological polar surface area (TPSA) is 88.3 Å². The highest BCUT2D eigenvalue weighted by atomic mass is 19.1. The Morgan fingerprint density at radius 2 is 1.92 bits per heavy atom. The van der Waals surface area contributed by atoms with E-state index in [2.05, 4.69) is 31.9 Å². The molecule has 2 aliphatic heterocycles. The van der Waals surface area contributed by atoms with E-state index in [0.29, 0.717) is 23.2 Å². The molecule has 0 unspecified atom stereocenters. The number of hydrogen-bond acceptors (Lipinski definition) is 7. The van der Waals surface area contributed by atoms with Crippen LogP contribution in [0, 0.1) is 12.7 Å². The second-order valence-corrected chi connectivity index (χ2v) is 10.3. The smallest absolute Gasteiger partial charge is 0.229 e. The molecular formula is C29H31FN6O2. The molecule has 2 aliphatic rings. The van der Waals surface area contributed by atoms with Gasteiger partial charge in [0.15, 0.2) is 5.82 Å². The van der Waals surface area contributed by atoms with Crippen LogP contribution in [0.3, 0.4) is 0 Å². The third-order valence-corrected chi connectivity index (χ3v) is 7.67. The van der Waals surface area contributed by atoms with Gasteiger partial charge in [-0.05, 0) is 68.0 Å². The molecule has 6 rings (SSSR count). The molecule has 2 saturated heterocycles. The third-order valence-electron chi connectivity index (χ3n) is 7.67. The molecule has 0 bridgehead atoms. The van der Waals surface area contributed by atoms with E-state index in [-0.39, 0.29) is 17.6 Å². The zero-order chi connectivity index (χ0) is 26.2. The lowest BCUT2D eigenvalue weighted by molar-refractivity contribution is -0.117. The quantitative estimate of drug-likeness (QED) is 0.331. The lowest BCUT2D eigenvalue weighted by Gasteiger charge is -2.32. The number of aromatic nitrogens is 4. The number of carbonyl (C=O) groups excluding carboxylic acids is 1. The minimum absolute atomic E-state index is 0.148. The number of fused-ring (bicyclic) bond motifs is 1. The first-order valence-electron chi connectivity index (χ1n) is 13.4. The highest BCUT2D eigenvalue weighted by Gasteiger charge is 2.28. The van der Waals surface area contributed by atoms with Crippen LogP contribution >= 0.6 is 0 Å². The molecule has 0 spiro atoms. The molecule has 196 valence electrons. The molecule has 1 amide bonds. The monoisotopic (exact) mass is 514 g/mol. The Hall–Kier alpha value is -3.88. The Bertz CT molecular complexity index is 1490. The van der Waals surface area contributed by atoms with E-state index in [4.69, 9.17) is 4.52 Å². The zero-order valence-electron chi connectivity index (χ0n) is 21.8. The first-order chi connectivity index (χ1) is 18.5. The normalized spacial score (nSPS) is 16.7. The van der Waals surface area contributed by atoms with Gasteiger partial charge in [-0.3, -0.25) is 4.79 Å². The summed E-state index contributed by atoms with van der Waals surface area (Å²) in [4.78, 5) is 30.0. The fraction of sp³-hybridized carbons (Fsp3) is 0.414. The Morgan fingerprint density at radius 1 is 1.08 bits per heavy atom. The van der Waals surface area contributed by atoms with Crippen molar-refractivity contribution in [2.45, 2.75) is 58.3 Å². The van der Waals surface area contributed by atoms with Crippen molar-refractivity contribution in [3.63, 3.8) is 0 Å². The van der Waals surface area contributed by atoms with E-state index in [9.17, 15) is 4.79 Å². The lowest BCUT2D eigenvalue weighted by Crippen LogP contribution is -2.33. The molecule has 0 saturated carbocycles. The predicted molar refractivity (Wildman–Crippen MR) is 144 cm³/mol. The van der Waals surface area contributed by atoms with Gasteiger partial charge in [-0.1, -0.05) is 18.1 Å². The molecule has 2 fully saturated rings. The second-order valence-electron chi connectivity index (χ2n) is 10.3. The molecule has 0 atom stereocenters. The summed E-state index contributed by atoms with van der Waals surface area (Å²) in [5.74, 6) is 2.26. The van der Waals surface area contributed by atoms with Crippen molar-refractivity contribution in [3.8, 4) is 11.1 Å². The van der Waals surface area contributed by atoms with Crippen LogP contribution in [0.1, 0.15) is 62.2 Å².